The third kappa shape index (κ3) is 8.57. The third-order valence-corrected chi connectivity index (χ3v) is 11.7. The van der Waals surface area contributed by atoms with Crippen molar-refractivity contribution in [3.8, 4) is 0 Å². The van der Waals surface area contributed by atoms with E-state index in [0.717, 1.165) is 86.1 Å². The number of hydrogen-bond acceptors (Lipinski definition) is 3. The van der Waals surface area contributed by atoms with E-state index in [1.54, 1.807) is 0 Å². The zero-order valence-electron chi connectivity index (χ0n) is 34.7. The summed E-state index contributed by atoms with van der Waals surface area (Å²) in [6.45, 7) is 17.4. The van der Waals surface area contributed by atoms with E-state index in [4.69, 9.17) is 4.98 Å². The van der Waals surface area contributed by atoms with Crippen molar-refractivity contribution in [2.75, 3.05) is 0 Å². The number of rotatable bonds is 10. The van der Waals surface area contributed by atoms with Gasteiger partial charge in [-0.25, -0.2) is 0 Å². The van der Waals surface area contributed by atoms with Gasteiger partial charge in [-0.05, 0) is 93.3 Å². The van der Waals surface area contributed by atoms with Crippen LogP contribution in [0.5, 0.6) is 0 Å². The van der Waals surface area contributed by atoms with Crippen LogP contribution >= 0.6 is 0 Å². The molecular weight excluding hydrogens is 896 g/mol. The molecule has 0 fully saturated rings. The summed E-state index contributed by atoms with van der Waals surface area (Å²) in [5.41, 5.74) is 1.13. The number of allylic oxidation sites excluding steroid dienone is 2. The molecule has 3 nitrogen and oxygen atoms in total. The van der Waals surface area contributed by atoms with Crippen LogP contribution in [-0.4, -0.2) is 22.1 Å². The summed E-state index contributed by atoms with van der Waals surface area (Å²) in [4.78, 5) is 16.7. The third-order valence-electron chi connectivity index (χ3n) is 11.7. The Morgan fingerprint density at radius 3 is 1.96 bits per heavy atom. The minimum absolute atomic E-state index is 0. The first kappa shape index (κ1) is 44.1. The summed E-state index contributed by atoms with van der Waals surface area (Å²) in [5.74, 6) is 0.547. The van der Waals surface area contributed by atoms with Gasteiger partial charge in [-0.2, -0.15) is 13.2 Å². The minimum atomic E-state index is -4.28. The molecule has 7 aromatic rings. The molecule has 1 heterocycles. The van der Waals surface area contributed by atoms with Gasteiger partial charge in [0.05, 0.1) is 11.2 Å². The number of aliphatic hydroxyl groups is 1. The van der Waals surface area contributed by atoms with Crippen molar-refractivity contribution in [1.29, 1.82) is 0 Å². The number of aliphatic hydroxyl groups excluding tert-OH is 1. The van der Waals surface area contributed by atoms with Crippen LogP contribution in [0.3, 0.4) is 0 Å². The van der Waals surface area contributed by atoms with E-state index in [9.17, 15) is 23.1 Å². The Labute approximate surface area is 348 Å². The van der Waals surface area contributed by atoms with Crippen LogP contribution in [0.2, 0.25) is 0 Å². The van der Waals surface area contributed by atoms with Crippen molar-refractivity contribution in [2.45, 2.75) is 107 Å². The first-order chi connectivity index (χ1) is 26.4. The molecule has 1 N–H and O–H groups in total. The number of fused-ring (bicyclic) bond motifs is 7. The van der Waals surface area contributed by atoms with Crippen LogP contribution in [0.25, 0.3) is 64.8 Å². The molecule has 0 aliphatic heterocycles. The van der Waals surface area contributed by atoms with Gasteiger partial charge in [0.1, 0.15) is 0 Å². The van der Waals surface area contributed by atoms with Gasteiger partial charge >= 0.3 is 6.18 Å². The zero-order valence-corrected chi connectivity index (χ0v) is 37.1. The Bertz CT molecular complexity index is 2570. The summed E-state index contributed by atoms with van der Waals surface area (Å²) in [6.07, 6.45) is 3.29. The smallest absolute Gasteiger partial charge is 0.394 e. The molecule has 6 aromatic carbocycles. The van der Waals surface area contributed by atoms with E-state index in [2.05, 4.69) is 69.3 Å². The van der Waals surface area contributed by atoms with E-state index in [1.165, 1.54) is 36.3 Å². The topological polar surface area (TPSA) is 50.2 Å². The molecule has 0 atom stereocenters. The zero-order chi connectivity index (χ0) is 40.7. The van der Waals surface area contributed by atoms with Crippen LogP contribution in [0.15, 0.2) is 84.8 Å². The van der Waals surface area contributed by atoms with E-state index < -0.39 is 11.6 Å². The van der Waals surface area contributed by atoms with Gasteiger partial charge < -0.3 is 5.11 Å². The molecule has 1 radical (unpaired) electrons. The largest absolute Gasteiger partial charge is 0.512 e. The Morgan fingerprint density at radius 1 is 0.719 bits per heavy atom. The van der Waals surface area contributed by atoms with Crippen LogP contribution in [0, 0.1) is 28.7 Å². The maximum absolute atomic E-state index is 13.8. The van der Waals surface area contributed by atoms with Gasteiger partial charge in [0.2, 0.25) is 0 Å². The summed E-state index contributed by atoms with van der Waals surface area (Å²) in [6, 6.07) is 26.4. The second-order valence-electron chi connectivity index (χ2n) is 17.4. The first-order valence-corrected chi connectivity index (χ1v) is 20.2. The second kappa shape index (κ2) is 17.0. The maximum atomic E-state index is 13.8. The molecule has 7 rings (SSSR count). The summed E-state index contributed by atoms with van der Waals surface area (Å²) >= 11 is 0. The number of pyridine rings is 1. The first-order valence-electron chi connectivity index (χ1n) is 20.2. The van der Waals surface area contributed by atoms with Crippen molar-refractivity contribution in [2.24, 2.45) is 22.7 Å². The molecule has 1 aromatic heterocycles. The number of halogens is 3. The normalized spacial score (nSPS) is 13.1. The van der Waals surface area contributed by atoms with E-state index in [0.29, 0.717) is 5.56 Å². The number of nitrogens with zero attached hydrogens (tertiary/aromatic N) is 1. The molecule has 0 unspecified atom stereocenters. The predicted molar refractivity (Wildman–Crippen MR) is 230 cm³/mol. The number of ketones is 1. The average molecular weight is 951 g/mol. The average Bonchev–Trinajstić information content (AvgIpc) is 3.14. The standard InChI is InChI=1S/C37H31F3N.C13H24O2.Ir/c1-35(2,3)20-30-23-10-7-6-9-22(23)18-29-31(30)27-12-8-11-25-28-17-21(19-36(4,5)37(38,39)40)13-14-24(28)26-15-16-41-34(29)33(26)32(25)27;1-5-10(6-2)12(14)9-13(15)11(7-3)8-4;/h6-17H,19-20H2,1-5H3;9-11,14H,5-8H2,1-4H3;/q-1;;/b;12-9-;. The molecule has 0 saturated heterocycles. The van der Waals surface area contributed by atoms with Crippen LogP contribution < -0.4 is 0 Å². The molecular formula is C50H55F3IrNO2-. The fraction of sp³-hybridized carbons (Fsp3) is 0.400. The molecule has 57 heavy (non-hydrogen) atoms. The van der Waals surface area contributed by atoms with Crippen molar-refractivity contribution >= 4 is 70.5 Å². The predicted octanol–water partition coefficient (Wildman–Crippen LogP) is 14.8. The van der Waals surface area contributed by atoms with Crippen molar-refractivity contribution in [1.82, 2.24) is 4.98 Å². The van der Waals surface area contributed by atoms with Gasteiger partial charge in [0, 0.05) is 49.7 Å². The number of carbonyl (C=O) groups excluding carboxylic acids is 1. The number of carbonyl (C=O) groups is 1. The van der Waals surface area contributed by atoms with Crippen LogP contribution in [-0.2, 0) is 37.7 Å². The van der Waals surface area contributed by atoms with Crippen LogP contribution in [0.4, 0.5) is 13.2 Å². The fourth-order valence-electron chi connectivity index (χ4n) is 8.46. The Kier molecular flexibility index (Phi) is 13.2. The summed E-state index contributed by atoms with van der Waals surface area (Å²) < 4.78 is 41.4. The molecule has 0 saturated carbocycles. The van der Waals surface area contributed by atoms with E-state index in [1.807, 2.05) is 58.2 Å². The molecule has 303 valence electrons. The van der Waals surface area contributed by atoms with Gasteiger partial charge in [0.25, 0.3) is 0 Å². The van der Waals surface area contributed by atoms with E-state index >= 15 is 0 Å². The minimum Gasteiger partial charge on any atom is -0.512 e. The van der Waals surface area contributed by atoms with Crippen molar-refractivity contribution in [3.63, 3.8) is 0 Å². The molecule has 0 aliphatic carbocycles. The fourth-order valence-corrected chi connectivity index (χ4v) is 8.46. The van der Waals surface area contributed by atoms with Gasteiger partial charge in [0.15, 0.2) is 5.78 Å². The maximum Gasteiger partial charge on any atom is 0.394 e. The number of hydrogen-bond donors (Lipinski definition) is 1. The SMILES string of the molecule is CC(C)(C)Cc1c2ccccc2[c-]c2c3nccc4c5ccc(CC(C)(C)C(F)(F)F)cc5c5cccc(c12)c5c43.CCC(CC)C(=O)/C=C(\O)C(CC)CC.[Ir]. The van der Waals surface area contributed by atoms with Crippen molar-refractivity contribution < 1.29 is 43.2 Å². The number of benzene rings is 6. The van der Waals surface area contributed by atoms with Gasteiger partial charge in [-0.1, -0.05) is 139 Å². The quantitative estimate of drug-likeness (QED) is 0.0489. The Morgan fingerprint density at radius 2 is 1.33 bits per heavy atom. The van der Waals surface area contributed by atoms with Gasteiger partial charge in [-0.15, -0.1) is 17.5 Å². The molecule has 7 heteroatoms. The monoisotopic (exact) mass is 951 g/mol. The molecule has 0 amide bonds. The van der Waals surface area contributed by atoms with Gasteiger partial charge in [-0.3, -0.25) is 9.78 Å². The Balaban J connectivity index is 0.000000333. The summed E-state index contributed by atoms with van der Waals surface area (Å²) in [5, 5.41) is 21.7. The number of aromatic nitrogens is 1. The Hall–Kier alpha value is -4.06. The van der Waals surface area contributed by atoms with Crippen LogP contribution in [0.1, 0.15) is 99.1 Å². The molecule has 0 aliphatic rings. The van der Waals surface area contributed by atoms with E-state index in [-0.39, 0.29) is 55.3 Å². The molecule has 0 spiro atoms. The molecule has 0 bridgehead atoms. The summed E-state index contributed by atoms with van der Waals surface area (Å²) in [7, 11) is 0. The van der Waals surface area contributed by atoms with Crippen molar-refractivity contribution in [3.05, 3.63) is 102 Å². The second-order valence-corrected chi connectivity index (χ2v) is 17.4. The number of alkyl halides is 3.